The lowest BCUT2D eigenvalue weighted by Crippen LogP contribution is -2.15. The lowest BCUT2D eigenvalue weighted by atomic mass is 10.2. The Kier molecular flexibility index (Phi) is 3.63. The van der Waals surface area contributed by atoms with Gasteiger partial charge in [0.1, 0.15) is 11.6 Å². The fourth-order valence-corrected chi connectivity index (χ4v) is 2.77. The van der Waals surface area contributed by atoms with Crippen LogP contribution in [0.25, 0.3) is 0 Å². The Morgan fingerprint density at radius 2 is 1.95 bits per heavy atom. The lowest BCUT2D eigenvalue weighted by Gasteiger charge is -2.10. The number of aryl methyl sites for hydroxylation is 2. The second-order valence-corrected chi connectivity index (χ2v) is 6.15. The summed E-state index contributed by atoms with van der Waals surface area (Å²) in [6.45, 7) is 3.30. The number of rotatable bonds is 3. The van der Waals surface area contributed by atoms with Crippen LogP contribution in [0, 0.1) is 19.7 Å². The van der Waals surface area contributed by atoms with E-state index in [0.717, 1.165) is 11.6 Å². The van der Waals surface area contributed by atoms with Crippen LogP contribution in [-0.4, -0.2) is 13.4 Å². The highest BCUT2D eigenvalue weighted by molar-refractivity contribution is 7.92. The molecule has 7 heteroatoms. The smallest absolute Gasteiger partial charge is 0.263 e. The second kappa shape index (κ2) is 5.09. The number of benzene rings is 1. The summed E-state index contributed by atoms with van der Waals surface area (Å²) >= 11 is 0. The van der Waals surface area contributed by atoms with Crippen molar-refractivity contribution in [2.45, 2.75) is 18.7 Å². The van der Waals surface area contributed by atoms with Gasteiger partial charge >= 0.3 is 0 Å². The largest absolute Gasteiger partial charge is 0.396 e. The van der Waals surface area contributed by atoms with Gasteiger partial charge in [0.15, 0.2) is 0 Å². The Morgan fingerprint density at radius 3 is 2.50 bits per heavy atom. The first-order valence-electron chi connectivity index (χ1n) is 5.81. The number of pyridine rings is 1. The van der Waals surface area contributed by atoms with E-state index < -0.39 is 15.8 Å². The third-order valence-corrected chi connectivity index (χ3v) is 4.05. The van der Waals surface area contributed by atoms with Gasteiger partial charge in [-0.05, 0) is 43.2 Å². The molecule has 1 heterocycles. The van der Waals surface area contributed by atoms with Crippen LogP contribution in [-0.2, 0) is 10.0 Å². The number of nitrogens with two attached hydrogens (primary N) is 1. The van der Waals surface area contributed by atoms with Crippen LogP contribution in [0.1, 0.15) is 11.1 Å². The fourth-order valence-electron chi connectivity index (χ4n) is 1.64. The summed E-state index contributed by atoms with van der Waals surface area (Å²) in [5.41, 5.74) is 6.32. The molecule has 0 saturated carbocycles. The molecular formula is C13H14FN3O2S. The highest BCUT2D eigenvalue weighted by Crippen LogP contribution is 2.22. The monoisotopic (exact) mass is 295 g/mol. The second-order valence-electron chi connectivity index (χ2n) is 4.47. The molecule has 0 unspecified atom stereocenters. The first-order chi connectivity index (χ1) is 9.29. The molecule has 3 N–H and O–H groups in total. The average molecular weight is 295 g/mol. The molecule has 0 spiro atoms. The molecule has 0 bridgehead atoms. The van der Waals surface area contributed by atoms with Gasteiger partial charge in [-0.2, -0.15) is 0 Å². The summed E-state index contributed by atoms with van der Waals surface area (Å²) in [4.78, 5) is 3.86. The summed E-state index contributed by atoms with van der Waals surface area (Å²) in [6, 6.07) is 5.59. The molecule has 106 valence electrons. The van der Waals surface area contributed by atoms with Crippen molar-refractivity contribution >= 4 is 21.5 Å². The van der Waals surface area contributed by atoms with E-state index in [1.807, 2.05) is 6.92 Å². The first kappa shape index (κ1) is 14.3. The van der Waals surface area contributed by atoms with E-state index in [1.54, 1.807) is 18.3 Å². The van der Waals surface area contributed by atoms with Gasteiger partial charge in [0.05, 0.1) is 10.6 Å². The van der Waals surface area contributed by atoms with E-state index in [9.17, 15) is 12.8 Å². The number of sulfonamides is 1. The Hall–Kier alpha value is -2.15. The zero-order valence-electron chi connectivity index (χ0n) is 11.0. The molecular weight excluding hydrogens is 281 g/mol. The normalized spacial score (nSPS) is 11.3. The molecule has 0 aliphatic heterocycles. The third kappa shape index (κ3) is 2.88. The van der Waals surface area contributed by atoms with Gasteiger partial charge in [0.2, 0.25) is 0 Å². The van der Waals surface area contributed by atoms with Crippen LogP contribution >= 0.6 is 0 Å². The van der Waals surface area contributed by atoms with Crippen molar-refractivity contribution in [3.63, 3.8) is 0 Å². The van der Waals surface area contributed by atoms with Gasteiger partial charge in [0.25, 0.3) is 10.0 Å². The molecule has 20 heavy (non-hydrogen) atoms. The lowest BCUT2D eigenvalue weighted by molar-refractivity contribution is 0.599. The summed E-state index contributed by atoms with van der Waals surface area (Å²) in [5, 5.41) is 0. The van der Waals surface area contributed by atoms with E-state index in [-0.39, 0.29) is 22.0 Å². The minimum absolute atomic E-state index is 0.101. The maximum absolute atomic E-state index is 13.4. The molecule has 5 nitrogen and oxygen atoms in total. The summed E-state index contributed by atoms with van der Waals surface area (Å²) < 4.78 is 40.1. The van der Waals surface area contributed by atoms with Gasteiger partial charge in [-0.25, -0.2) is 17.8 Å². The molecule has 0 atom stereocenters. The van der Waals surface area contributed by atoms with Crippen molar-refractivity contribution in [2.24, 2.45) is 0 Å². The van der Waals surface area contributed by atoms with Crippen molar-refractivity contribution in [2.75, 3.05) is 10.5 Å². The van der Waals surface area contributed by atoms with Gasteiger partial charge in [0, 0.05) is 6.20 Å². The van der Waals surface area contributed by atoms with Crippen molar-refractivity contribution in [1.82, 2.24) is 4.98 Å². The standard InChI is InChI=1S/C13H14FN3O2S/c1-8-3-4-12(16-7-8)17-20(18,19)10-5-9(2)13(14)11(15)6-10/h3-7H,15H2,1-2H3,(H,16,17). The van der Waals surface area contributed by atoms with Crippen LogP contribution in [0.5, 0.6) is 0 Å². The van der Waals surface area contributed by atoms with Crippen LogP contribution in [0.2, 0.25) is 0 Å². The van der Waals surface area contributed by atoms with Crippen molar-refractivity contribution in [3.8, 4) is 0 Å². The van der Waals surface area contributed by atoms with E-state index in [4.69, 9.17) is 5.73 Å². The Labute approximate surface area is 116 Å². The molecule has 0 fully saturated rings. The number of halogens is 1. The number of anilines is 2. The highest BCUT2D eigenvalue weighted by Gasteiger charge is 2.18. The van der Waals surface area contributed by atoms with Crippen LogP contribution in [0.15, 0.2) is 35.4 Å². The van der Waals surface area contributed by atoms with E-state index in [0.29, 0.717) is 0 Å². The Balaban J connectivity index is 2.38. The number of hydrogen-bond acceptors (Lipinski definition) is 4. The highest BCUT2D eigenvalue weighted by atomic mass is 32.2. The summed E-state index contributed by atoms with van der Waals surface area (Å²) in [7, 11) is -3.85. The predicted octanol–water partition coefficient (Wildman–Crippen LogP) is 2.22. The van der Waals surface area contributed by atoms with Crippen molar-refractivity contribution < 1.29 is 12.8 Å². The number of nitrogens with one attached hydrogen (secondary N) is 1. The molecule has 0 aliphatic carbocycles. The van der Waals surface area contributed by atoms with Crippen LogP contribution in [0.4, 0.5) is 15.9 Å². The third-order valence-electron chi connectivity index (χ3n) is 2.72. The molecule has 0 amide bonds. The van der Waals surface area contributed by atoms with E-state index >= 15 is 0 Å². The maximum atomic E-state index is 13.4. The van der Waals surface area contributed by atoms with E-state index in [2.05, 4.69) is 9.71 Å². The Bertz CT molecular complexity index is 720. The van der Waals surface area contributed by atoms with Gasteiger partial charge in [-0.15, -0.1) is 0 Å². The molecule has 0 radical (unpaired) electrons. The summed E-state index contributed by atoms with van der Waals surface area (Å²) in [5.74, 6) is -0.423. The topological polar surface area (TPSA) is 85.1 Å². The quantitative estimate of drug-likeness (QED) is 0.850. The number of nitrogen functional groups attached to an aromatic ring is 1. The zero-order valence-corrected chi connectivity index (χ0v) is 11.8. The van der Waals surface area contributed by atoms with Crippen LogP contribution < -0.4 is 10.5 Å². The molecule has 1 aromatic heterocycles. The Morgan fingerprint density at radius 1 is 1.25 bits per heavy atom. The fraction of sp³-hybridized carbons (Fsp3) is 0.154. The first-order valence-corrected chi connectivity index (χ1v) is 7.29. The number of aromatic nitrogens is 1. The van der Waals surface area contributed by atoms with Crippen LogP contribution in [0.3, 0.4) is 0 Å². The maximum Gasteiger partial charge on any atom is 0.263 e. The summed E-state index contributed by atoms with van der Waals surface area (Å²) in [6.07, 6.45) is 1.54. The molecule has 2 aromatic rings. The molecule has 0 saturated heterocycles. The van der Waals surface area contributed by atoms with Crippen molar-refractivity contribution in [3.05, 3.63) is 47.4 Å². The molecule has 0 aliphatic rings. The van der Waals surface area contributed by atoms with Gasteiger partial charge < -0.3 is 5.73 Å². The molecule has 2 rings (SSSR count). The number of hydrogen-bond donors (Lipinski definition) is 2. The zero-order chi connectivity index (χ0) is 14.9. The van der Waals surface area contributed by atoms with E-state index in [1.165, 1.54) is 13.0 Å². The minimum Gasteiger partial charge on any atom is -0.396 e. The van der Waals surface area contributed by atoms with Gasteiger partial charge in [-0.3, -0.25) is 4.72 Å². The SMILES string of the molecule is Cc1ccc(NS(=O)(=O)c2cc(C)c(F)c(N)c2)nc1. The van der Waals surface area contributed by atoms with Gasteiger partial charge in [-0.1, -0.05) is 6.07 Å². The molecule has 1 aromatic carbocycles. The average Bonchev–Trinajstić information content (AvgIpc) is 2.38. The van der Waals surface area contributed by atoms with Crippen molar-refractivity contribution in [1.29, 1.82) is 0 Å². The number of nitrogens with zero attached hydrogens (tertiary/aromatic N) is 1. The predicted molar refractivity (Wildman–Crippen MR) is 75.3 cm³/mol. The minimum atomic E-state index is -3.85.